The Balaban J connectivity index is 2.23. The number of aldehydes is 1. The van der Waals surface area contributed by atoms with Crippen LogP contribution in [0.2, 0.25) is 0 Å². The fraction of sp³-hybridized carbons (Fsp3) is 0.263. The zero-order valence-electron chi connectivity index (χ0n) is 13.1. The largest absolute Gasteiger partial charge is 0.302 e. The highest BCUT2D eigenvalue weighted by Gasteiger charge is 2.15. The first-order chi connectivity index (χ1) is 10.6. The van der Waals surface area contributed by atoms with Gasteiger partial charge in [-0.15, -0.1) is 0 Å². The lowest BCUT2D eigenvalue weighted by Gasteiger charge is -2.21. The van der Waals surface area contributed by atoms with Gasteiger partial charge in [-0.2, -0.15) is 0 Å². The summed E-state index contributed by atoms with van der Waals surface area (Å²) >= 11 is 0. The molecular formula is C19H21NO2. The summed E-state index contributed by atoms with van der Waals surface area (Å²) in [6.07, 6.45) is 2.53. The van der Waals surface area contributed by atoms with E-state index in [1.54, 1.807) is 0 Å². The van der Waals surface area contributed by atoms with Crippen LogP contribution in [0.3, 0.4) is 0 Å². The van der Waals surface area contributed by atoms with Crippen molar-refractivity contribution < 1.29 is 9.59 Å². The third-order valence-corrected chi connectivity index (χ3v) is 3.58. The molecule has 0 aliphatic heterocycles. The van der Waals surface area contributed by atoms with Gasteiger partial charge in [0.1, 0.15) is 0 Å². The fourth-order valence-corrected chi connectivity index (χ4v) is 2.44. The van der Waals surface area contributed by atoms with Gasteiger partial charge in [-0.25, -0.2) is 0 Å². The molecule has 0 bridgehead atoms. The van der Waals surface area contributed by atoms with Gasteiger partial charge in [-0.05, 0) is 42.2 Å². The van der Waals surface area contributed by atoms with E-state index in [0.29, 0.717) is 12.8 Å². The van der Waals surface area contributed by atoms with E-state index in [9.17, 15) is 9.59 Å². The zero-order chi connectivity index (χ0) is 15.9. The quantitative estimate of drug-likeness (QED) is 0.602. The smallest absolute Gasteiger partial charge is 0.291 e. The van der Waals surface area contributed by atoms with Gasteiger partial charge in [0, 0.05) is 5.69 Å². The number of carbonyl (C=O) groups is 2. The highest BCUT2D eigenvalue weighted by atomic mass is 16.2. The summed E-state index contributed by atoms with van der Waals surface area (Å²) in [7, 11) is 0. The number of rotatable bonds is 6. The number of benzene rings is 2. The van der Waals surface area contributed by atoms with Crippen LogP contribution >= 0.6 is 0 Å². The molecule has 22 heavy (non-hydrogen) atoms. The molecule has 114 valence electrons. The van der Waals surface area contributed by atoms with E-state index in [1.165, 1.54) is 10.5 Å². The van der Waals surface area contributed by atoms with Crippen LogP contribution in [-0.4, -0.2) is 12.2 Å². The normalized spacial score (nSPS) is 10.3. The summed E-state index contributed by atoms with van der Waals surface area (Å²) < 4.78 is 0. The highest BCUT2D eigenvalue weighted by Crippen LogP contribution is 2.19. The number of hydrogen-bond acceptors (Lipinski definition) is 2. The molecule has 1 amide bonds. The van der Waals surface area contributed by atoms with Gasteiger partial charge < -0.3 is 4.90 Å². The Labute approximate surface area is 131 Å². The molecule has 3 nitrogen and oxygen atoms in total. The molecular weight excluding hydrogens is 274 g/mol. The third kappa shape index (κ3) is 4.04. The van der Waals surface area contributed by atoms with Gasteiger partial charge >= 0.3 is 0 Å². The van der Waals surface area contributed by atoms with Crippen molar-refractivity contribution in [1.82, 2.24) is 0 Å². The average Bonchev–Trinajstić information content (AvgIpc) is 2.53. The minimum Gasteiger partial charge on any atom is -0.302 e. The molecule has 0 radical (unpaired) electrons. The molecule has 0 saturated carbocycles. The number of nitrogens with zero attached hydrogens (tertiary/aromatic N) is 1. The second-order valence-corrected chi connectivity index (χ2v) is 5.45. The van der Waals surface area contributed by atoms with Crippen LogP contribution in [0, 0.1) is 6.92 Å². The molecule has 0 saturated heterocycles. The number of aryl methyl sites for hydroxylation is 2. The molecule has 2 aromatic carbocycles. The number of hydrogen-bond donors (Lipinski definition) is 0. The lowest BCUT2D eigenvalue weighted by Crippen LogP contribution is -2.31. The Morgan fingerprint density at radius 2 is 1.77 bits per heavy atom. The maximum Gasteiger partial charge on any atom is 0.291 e. The molecule has 3 heteroatoms. The van der Waals surface area contributed by atoms with E-state index in [2.05, 4.69) is 19.1 Å². The van der Waals surface area contributed by atoms with Crippen molar-refractivity contribution in [3.63, 3.8) is 0 Å². The lowest BCUT2D eigenvalue weighted by molar-refractivity contribution is -0.129. The van der Waals surface area contributed by atoms with Gasteiger partial charge in [-0.1, -0.05) is 49.7 Å². The monoisotopic (exact) mass is 295 g/mol. The molecule has 0 aliphatic rings. The van der Waals surface area contributed by atoms with Crippen molar-refractivity contribution in [3.05, 3.63) is 65.2 Å². The number of anilines is 1. The second kappa shape index (κ2) is 7.55. The maximum atomic E-state index is 12.0. The van der Waals surface area contributed by atoms with Crippen LogP contribution in [0.4, 0.5) is 5.69 Å². The standard InChI is InChI=1S/C19H21NO2/c1-3-5-16-8-10-17(11-9-16)13-20(19(22)14-21)18-7-4-6-15(2)12-18/h4,6-12,14H,3,5,13H2,1-2H3. The Kier molecular flexibility index (Phi) is 5.48. The van der Waals surface area contributed by atoms with E-state index in [1.807, 2.05) is 43.3 Å². The van der Waals surface area contributed by atoms with Gasteiger partial charge in [0.05, 0.1) is 6.54 Å². The van der Waals surface area contributed by atoms with Crippen LogP contribution in [0.5, 0.6) is 0 Å². The topological polar surface area (TPSA) is 37.4 Å². The van der Waals surface area contributed by atoms with Gasteiger partial charge in [0.2, 0.25) is 6.29 Å². The molecule has 0 unspecified atom stereocenters. The van der Waals surface area contributed by atoms with Crippen molar-refractivity contribution in [2.45, 2.75) is 33.2 Å². The first kappa shape index (κ1) is 16.0. The minimum absolute atomic E-state index is 0.369. The SMILES string of the molecule is CCCc1ccc(CN(C(=O)C=O)c2cccc(C)c2)cc1. The Morgan fingerprint density at radius 1 is 1.09 bits per heavy atom. The molecule has 2 rings (SSSR count). The number of amides is 1. The summed E-state index contributed by atoms with van der Waals surface area (Å²) in [6.45, 7) is 4.51. The molecule has 0 fully saturated rings. The fourth-order valence-electron chi connectivity index (χ4n) is 2.44. The Hall–Kier alpha value is -2.42. The summed E-state index contributed by atoms with van der Waals surface area (Å²) in [5.74, 6) is -0.525. The van der Waals surface area contributed by atoms with E-state index in [4.69, 9.17) is 0 Å². The van der Waals surface area contributed by atoms with Gasteiger partial charge in [-0.3, -0.25) is 9.59 Å². The van der Waals surface area contributed by atoms with Crippen LogP contribution < -0.4 is 4.90 Å². The van der Waals surface area contributed by atoms with E-state index in [0.717, 1.165) is 29.7 Å². The Morgan fingerprint density at radius 3 is 2.36 bits per heavy atom. The molecule has 0 aliphatic carbocycles. The van der Waals surface area contributed by atoms with E-state index in [-0.39, 0.29) is 0 Å². The molecule has 0 aromatic heterocycles. The molecule has 0 N–H and O–H groups in total. The van der Waals surface area contributed by atoms with Crippen LogP contribution in [-0.2, 0) is 22.6 Å². The van der Waals surface area contributed by atoms with Crippen molar-refractivity contribution >= 4 is 17.9 Å². The summed E-state index contributed by atoms with van der Waals surface area (Å²) in [5, 5.41) is 0. The summed E-state index contributed by atoms with van der Waals surface area (Å²) in [4.78, 5) is 24.4. The van der Waals surface area contributed by atoms with Crippen LogP contribution in [0.15, 0.2) is 48.5 Å². The molecule has 0 spiro atoms. The van der Waals surface area contributed by atoms with Crippen molar-refractivity contribution in [2.24, 2.45) is 0 Å². The van der Waals surface area contributed by atoms with E-state index < -0.39 is 5.91 Å². The first-order valence-electron chi connectivity index (χ1n) is 7.55. The first-order valence-corrected chi connectivity index (χ1v) is 7.55. The predicted octanol–water partition coefficient (Wildman–Crippen LogP) is 3.68. The van der Waals surface area contributed by atoms with E-state index >= 15 is 0 Å². The highest BCUT2D eigenvalue weighted by molar-refractivity contribution is 6.30. The van der Waals surface area contributed by atoms with Gasteiger partial charge in [0.15, 0.2) is 0 Å². The molecule has 0 atom stereocenters. The maximum absolute atomic E-state index is 12.0. The minimum atomic E-state index is -0.525. The van der Waals surface area contributed by atoms with Gasteiger partial charge in [0.25, 0.3) is 5.91 Å². The Bertz CT molecular complexity index is 647. The van der Waals surface area contributed by atoms with Crippen molar-refractivity contribution in [2.75, 3.05) is 4.90 Å². The van der Waals surface area contributed by atoms with Crippen LogP contribution in [0.1, 0.15) is 30.0 Å². The second-order valence-electron chi connectivity index (χ2n) is 5.45. The predicted molar refractivity (Wildman–Crippen MR) is 88.9 cm³/mol. The zero-order valence-corrected chi connectivity index (χ0v) is 13.1. The molecule has 2 aromatic rings. The van der Waals surface area contributed by atoms with Crippen LogP contribution in [0.25, 0.3) is 0 Å². The summed E-state index contributed by atoms with van der Waals surface area (Å²) in [6, 6.07) is 15.8. The number of carbonyl (C=O) groups excluding carboxylic acids is 2. The lowest BCUT2D eigenvalue weighted by atomic mass is 10.1. The summed E-state index contributed by atoms with van der Waals surface area (Å²) in [5.41, 5.74) is 4.10. The van der Waals surface area contributed by atoms with Crippen molar-refractivity contribution in [3.8, 4) is 0 Å². The third-order valence-electron chi connectivity index (χ3n) is 3.58. The average molecular weight is 295 g/mol. The molecule has 0 heterocycles. The van der Waals surface area contributed by atoms with Crippen molar-refractivity contribution in [1.29, 1.82) is 0 Å².